The van der Waals surface area contributed by atoms with Crippen LogP contribution in [0.15, 0.2) is 0 Å². The summed E-state index contributed by atoms with van der Waals surface area (Å²) in [6.45, 7) is 5.49. The summed E-state index contributed by atoms with van der Waals surface area (Å²) in [5.41, 5.74) is 0. The Morgan fingerprint density at radius 2 is 1.88 bits per heavy atom. The number of hydrogen-bond acceptors (Lipinski definition) is 1. The van der Waals surface area contributed by atoms with Crippen LogP contribution in [0.25, 0.3) is 0 Å². The lowest BCUT2D eigenvalue weighted by Gasteiger charge is -2.45. The summed E-state index contributed by atoms with van der Waals surface area (Å²) < 4.78 is 0. The van der Waals surface area contributed by atoms with E-state index in [1.807, 2.05) is 0 Å². The number of piperidine rings is 1. The third-order valence-electron chi connectivity index (χ3n) is 3.92. The molecule has 1 saturated heterocycles. The van der Waals surface area contributed by atoms with E-state index in [9.17, 15) is 0 Å². The van der Waals surface area contributed by atoms with Crippen molar-refractivity contribution in [1.29, 1.82) is 0 Å². The number of likely N-dealkylation sites (tertiary alicyclic amines) is 1. The van der Waals surface area contributed by atoms with Gasteiger partial charge in [0.05, 0.1) is 0 Å². The third-order valence-corrected chi connectivity index (χ3v) is 4.27. The van der Waals surface area contributed by atoms with Gasteiger partial charge >= 0.3 is 0 Å². The molecule has 1 N–H and O–H groups in total. The number of fused-ring (bicyclic) bond motifs is 1. The highest BCUT2D eigenvalue weighted by Crippen LogP contribution is 2.35. The van der Waals surface area contributed by atoms with Crippen LogP contribution in [-0.4, -0.2) is 28.6 Å². The van der Waals surface area contributed by atoms with Crippen LogP contribution >= 0.6 is 12.2 Å². The molecule has 0 spiro atoms. The largest absolute Gasteiger partial charge is 0.360 e. The normalized spacial score (nSPS) is 30.1. The summed E-state index contributed by atoms with van der Waals surface area (Å²) >= 11 is 5.53. The van der Waals surface area contributed by atoms with Crippen molar-refractivity contribution >= 4 is 17.3 Å². The van der Waals surface area contributed by atoms with Crippen LogP contribution < -0.4 is 5.32 Å². The van der Waals surface area contributed by atoms with Gasteiger partial charge in [-0.3, -0.25) is 0 Å². The first-order chi connectivity index (χ1) is 7.68. The van der Waals surface area contributed by atoms with Crippen molar-refractivity contribution in [3.63, 3.8) is 0 Å². The minimum Gasteiger partial charge on any atom is -0.360 e. The van der Waals surface area contributed by atoms with Crippen LogP contribution in [0, 0.1) is 5.92 Å². The fraction of sp³-hybridized carbons (Fsp3) is 0.923. The van der Waals surface area contributed by atoms with E-state index < -0.39 is 0 Å². The van der Waals surface area contributed by atoms with Crippen LogP contribution in [0.3, 0.4) is 0 Å². The summed E-state index contributed by atoms with van der Waals surface area (Å²) in [6, 6.07) is 1.19. The quantitative estimate of drug-likeness (QED) is 0.710. The molecule has 92 valence electrons. The average Bonchev–Trinajstić information content (AvgIpc) is 2.27. The van der Waals surface area contributed by atoms with Crippen molar-refractivity contribution in [3.8, 4) is 0 Å². The molecule has 0 unspecified atom stereocenters. The SMILES string of the molecule is CC(C)NC(=S)N1CCC[C@@H]2CCCC[C@H]21. The number of hydrogen-bond donors (Lipinski definition) is 1. The molecule has 0 bridgehead atoms. The van der Waals surface area contributed by atoms with Crippen molar-refractivity contribution in [1.82, 2.24) is 10.2 Å². The lowest BCUT2D eigenvalue weighted by atomic mass is 9.78. The van der Waals surface area contributed by atoms with Crippen LogP contribution in [0.5, 0.6) is 0 Å². The second-order valence-corrected chi connectivity index (χ2v) is 5.94. The molecule has 1 aliphatic carbocycles. The highest BCUT2D eigenvalue weighted by Gasteiger charge is 2.34. The van der Waals surface area contributed by atoms with Gasteiger partial charge in [0.15, 0.2) is 5.11 Å². The highest BCUT2D eigenvalue weighted by atomic mass is 32.1. The van der Waals surface area contributed by atoms with Crippen LogP contribution in [-0.2, 0) is 0 Å². The molecule has 16 heavy (non-hydrogen) atoms. The lowest BCUT2D eigenvalue weighted by Crippen LogP contribution is -2.54. The van der Waals surface area contributed by atoms with E-state index >= 15 is 0 Å². The zero-order valence-electron chi connectivity index (χ0n) is 10.5. The lowest BCUT2D eigenvalue weighted by molar-refractivity contribution is 0.118. The maximum Gasteiger partial charge on any atom is 0.169 e. The number of nitrogens with one attached hydrogen (secondary N) is 1. The Morgan fingerprint density at radius 3 is 2.62 bits per heavy atom. The number of rotatable bonds is 1. The van der Waals surface area contributed by atoms with Crippen LogP contribution in [0.4, 0.5) is 0 Å². The van der Waals surface area contributed by atoms with Gasteiger partial charge in [-0.15, -0.1) is 0 Å². The van der Waals surface area contributed by atoms with Crippen molar-refractivity contribution in [2.24, 2.45) is 5.92 Å². The van der Waals surface area contributed by atoms with Gasteiger partial charge in [-0.2, -0.15) is 0 Å². The molecule has 2 fully saturated rings. The van der Waals surface area contributed by atoms with E-state index in [4.69, 9.17) is 12.2 Å². The van der Waals surface area contributed by atoms with Crippen molar-refractivity contribution in [3.05, 3.63) is 0 Å². The average molecular weight is 240 g/mol. The molecule has 2 atom stereocenters. The molecule has 2 aliphatic rings. The second-order valence-electron chi connectivity index (χ2n) is 5.55. The van der Waals surface area contributed by atoms with Gasteiger partial charge in [0, 0.05) is 18.6 Å². The first kappa shape index (κ1) is 12.2. The molecule has 2 rings (SSSR count). The molecule has 0 aromatic rings. The van der Waals surface area contributed by atoms with Crippen LogP contribution in [0.2, 0.25) is 0 Å². The molecule has 0 radical (unpaired) electrons. The zero-order chi connectivity index (χ0) is 11.5. The Kier molecular flexibility index (Phi) is 4.06. The molecule has 0 aromatic heterocycles. The molecule has 0 aromatic carbocycles. The molecular weight excluding hydrogens is 216 g/mol. The molecule has 1 saturated carbocycles. The summed E-state index contributed by atoms with van der Waals surface area (Å²) in [4.78, 5) is 2.47. The predicted molar refractivity (Wildman–Crippen MR) is 72.6 cm³/mol. The summed E-state index contributed by atoms with van der Waals surface area (Å²) in [5.74, 6) is 0.911. The van der Waals surface area contributed by atoms with Gasteiger partial charge in [0.25, 0.3) is 0 Å². The van der Waals surface area contributed by atoms with E-state index in [1.165, 1.54) is 45.1 Å². The Morgan fingerprint density at radius 1 is 1.19 bits per heavy atom. The van der Waals surface area contributed by atoms with Gasteiger partial charge in [-0.1, -0.05) is 12.8 Å². The topological polar surface area (TPSA) is 15.3 Å². The van der Waals surface area contributed by atoms with Gasteiger partial charge in [0.2, 0.25) is 0 Å². The van der Waals surface area contributed by atoms with E-state index in [0.29, 0.717) is 6.04 Å². The smallest absolute Gasteiger partial charge is 0.169 e. The van der Waals surface area contributed by atoms with Gasteiger partial charge < -0.3 is 10.2 Å². The van der Waals surface area contributed by atoms with E-state index in [-0.39, 0.29) is 0 Å². The molecule has 1 aliphatic heterocycles. The van der Waals surface area contributed by atoms with Gasteiger partial charge in [-0.25, -0.2) is 0 Å². The summed E-state index contributed by atoms with van der Waals surface area (Å²) in [5, 5.41) is 4.40. The molecule has 0 amide bonds. The fourth-order valence-corrected chi connectivity index (χ4v) is 3.67. The Bertz CT molecular complexity index is 250. The fourth-order valence-electron chi connectivity index (χ4n) is 3.21. The standard InChI is InChI=1S/C13H24N2S/c1-10(2)14-13(16)15-9-5-7-11-6-3-4-8-12(11)15/h10-12H,3-9H2,1-2H3,(H,14,16)/t11-,12+/m0/s1. The minimum atomic E-state index is 0.455. The number of thiocarbonyl (C=S) groups is 1. The molecule has 3 heteroatoms. The Balaban J connectivity index is 1.99. The maximum absolute atomic E-state index is 5.53. The van der Waals surface area contributed by atoms with Crippen LogP contribution in [0.1, 0.15) is 52.4 Å². The highest BCUT2D eigenvalue weighted by molar-refractivity contribution is 7.80. The molecule has 1 heterocycles. The van der Waals surface area contributed by atoms with Crippen molar-refractivity contribution in [2.75, 3.05) is 6.54 Å². The molecular formula is C13H24N2S. The van der Waals surface area contributed by atoms with Crippen molar-refractivity contribution < 1.29 is 0 Å². The maximum atomic E-state index is 5.53. The first-order valence-corrected chi connectivity index (χ1v) is 7.16. The second kappa shape index (κ2) is 5.35. The summed E-state index contributed by atoms with van der Waals surface area (Å²) in [6.07, 6.45) is 8.34. The van der Waals surface area contributed by atoms with Crippen molar-refractivity contribution in [2.45, 2.75) is 64.5 Å². The monoisotopic (exact) mass is 240 g/mol. The first-order valence-electron chi connectivity index (χ1n) is 6.75. The Labute approximate surface area is 105 Å². The Hall–Kier alpha value is -0.310. The van der Waals surface area contributed by atoms with E-state index in [0.717, 1.165) is 17.1 Å². The van der Waals surface area contributed by atoms with E-state index in [2.05, 4.69) is 24.1 Å². The molecule has 2 nitrogen and oxygen atoms in total. The van der Waals surface area contributed by atoms with E-state index in [1.54, 1.807) is 0 Å². The minimum absolute atomic E-state index is 0.455. The zero-order valence-corrected chi connectivity index (χ0v) is 11.4. The number of nitrogens with zero attached hydrogens (tertiary/aromatic N) is 1. The predicted octanol–water partition coefficient (Wildman–Crippen LogP) is 2.92. The third kappa shape index (κ3) is 2.68. The van der Waals surface area contributed by atoms with Gasteiger partial charge in [0.1, 0.15) is 0 Å². The van der Waals surface area contributed by atoms with Gasteiger partial charge in [-0.05, 0) is 57.7 Å². The summed E-state index contributed by atoms with van der Waals surface area (Å²) in [7, 11) is 0.